The molecule has 1 aliphatic heterocycles. The lowest BCUT2D eigenvalue weighted by Gasteiger charge is -2.37. The van der Waals surface area contributed by atoms with E-state index < -0.39 is 7.82 Å². The number of rotatable bonds is 5. The Morgan fingerprint density at radius 3 is 2.86 bits per heavy atom. The zero-order valence-corrected chi connectivity index (χ0v) is 12.7. The summed E-state index contributed by atoms with van der Waals surface area (Å²) in [5.74, 6) is 0.996. The van der Waals surface area contributed by atoms with Crippen LogP contribution in [0.5, 0.6) is 5.75 Å². The predicted octanol–water partition coefficient (Wildman–Crippen LogP) is 2.13. The topological polar surface area (TPSA) is 85.8 Å². The number of hydrogen-bond acceptors (Lipinski definition) is 3. The molecule has 2 heterocycles. The number of fused-ring (bicyclic) bond motifs is 1. The average molecular weight is 310 g/mol. The molecule has 0 radical (unpaired) electrons. The molecule has 1 aromatic heterocycles. The van der Waals surface area contributed by atoms with E-state index in [-0.39, 0.29) is 5.75 Å². The molecule has 1 fully saturated rings. The summed E-state index contributed by atoms with van der Waals surface area (Å²) < 4.78 is 15.9. The van der Waals surface area contributed by atoms with Crippen LogP contribution >= 0.6 is 7.82 Å². The second-order valence-electron chi connectivity index (χ2n) is 5.69. The smallest absolute Gasteiger partial charge is 0.404 e. The predicted molar refractivity (Wildman–Crippen MR) is 80.3 cm³/mol. The first-order valence-electron chi connectivity index (χ1n) is 6.99. The summed E-state index contributed by atoms with van der Waals surface area (Å²) >= 11 is 0. The number of phosphoric acid groups is 1. The van der Waals surface area contributed by atoms with Gasteiger partial charge in [-0.2, -0.15) is 0 Å². The Bertz CT molecular complexity index is 687. The van der Waals surface area contributed by atoms with Gasteiger partial charge in [-0.15, -0.1) is 0 Å². The van der Waals surface area contributed by atoms with Gasteiger partial charge in [0.2, 0.25) is 0 Å². The molecule has 0 spiro atoms. The molecule has 3 N–H and O–H groups in total. The van der Waals surface area contributed by atoms with Crippen molar-refractivity contribution in [3.8, 4) is 5.75 Å². The number of hydrogen-bond donors (Lipinski definition) is 3. The van der Waals surface area contributed by atoms with E-state index in [0.29, 0.717) is 0 Å². The van der Waals surface area contributed by atoms with Crippen molar-refractivity contribution in [2.45, 2.75) is 13.3 Å². The van der Waals surface area contributed by atoms with Crippen LogP contribution in [0.4, 0.5) is 0 Å². The standard InChI is InChI=1S/C14H19N2O4P/c1-10-8-16(9-10)6-5-11-7-15-12-3-2-4-13(14(11)12)20-21(17,18)19/h2-4,7,10,15H,5-6,8-9H2,1H3,(H2,17,18,19). The van der Waals surface area contributed by atoms with Gasteiger partial charge in [-0.25, -0.2) is 4.57 Å². The van der Waals surface area contributed by atoms with Crippen LogP contribution < -0.4 is 4.52 Å². The Hall–Kier alpha value is -1.33. The summed E-state index contributed by atoms with van der Waals surface area (Å²) in [5.41, 5.74) is 1.85. The highest BCUT2D eigenvalue weighted by molar-refractivity contribution is 7.46. The van der Waals surface area contributed by atoms with Crippen LogP contribution in [0.1, 0.15) is 12.5 Å². The number of benzene rings is 1. The van der Waals surface area contributed by atoms with Crippen molar-refractivity contribution in [2.75, 3.05) is 19.6 Å². The van der Waals surface area contributed by atoms with Crippen molar-refractivity contribution in [3.05, 3.63) is 30.0 Å². The highest BCUT2D eigenvalue weighted by Gasteiger charge is 2.23. The zero-order chi connectivity index (χ0) is 15.0. The van der Waals surface area contributed by atoms with E-state index in [1.807, 2.05) is 12.3 Å². The number of H-pyrrole nitrogens is 1. The fraction of sp³-hybridized carbons (Fsp3) is 0.429. The van der Waals surface area contributed by atoms with E-state index >= 15 is 0 Å². The molecule has 1 aromatic carbocycles. The second-order valence-corrected chi connectivity index (χ2v) is 6.85. The molecule has 1 saturated heterocycles. The minimum atomic E-state index is -4.55. The average Bonchev–Trinajstić information content (AvgIpc) is 2.76. The van der Waals surface area contributed by atoms with Crippen LogP contribution in [0.25, 0.3) is 10.9 Å². The normalized spacial score (nSPS) is 17.1. The third-order valence-electron chi connectivity index (χ3n) is 3.80. The molecule has 0 bridgehead atoms. The Morgan fingerprint density at radius 1 is 1.43 bits per heavy atom. The molecule has 0 saturated carbocycles. The van der Waals surface area contributed by atoms with Gasteiger partial charge in [0.05, 0.1) is 0 Å². The van der Waals surface area contributed by atoms with Crippen molar-refractivity contribution in [1.82, 2.24) is 9.88 Å². The van der Waals surface area contributed by atoms with E-state index in [4.69, 9.17) is 14.3 Å². The number of aromatic amines is 1. The molecule has 0 aliphatic carbocycles. The summed E-state index contributed by atoms with van der Waals surface area (Å²) in [5, 5.41) is 0.759. The van der Waals surface area contributed by atoms with E-state index in [0.717, 1.165) is 48.4 Å². The minimum Gasteiger partial charge on any atom is -0.404 e. The van der Waals surface area contributed by atoms with Crippen molar-refractivity contribution >= 4 is 18.7 Å². The maximum atomic E-state index is 11.1. The molecular weight excluding hydrogens is 291 g/mol. The summed E-state index contributed by atoms with van der Waals surface area (Å²) in [7, 11) is -4.55. The van der Waals surface area contributed by atoms with Crippen LogP contribution in [0.15, 0.2) is 24.4 Å². The summed E-state index contributed by atoms with van der Waals surface area (Å²) in [6.45, 7) is 5.41. The fourth-order valence-corrected chi connectivity index (χ4v) is 3.32. The van der Waals surface area contributed by atoms with Gasteiger partial charge in [0.25, 0.3) is 0 Å². The number of nitrogens with zero attached hydrogens (tertiary/aromatic N) is 1. The monoisotopic (exact) mass is 310 g/mol. The van der Waals surface area contributed by atoms with Gasteiger partial charge in [-0.1, -0.05) is 13.0 Å². The third-order valence-corrected chi connectivity index (χ3v) is 4.24. The van der Waals surface area contributed by atoms with Crippen LogP contribution in [-0.4, -0.2) is 39.3 Å². The van der Waals surface area contributed by atoms with Gasteiger partial charge in [0, 0.05) is 36.7 Å². The number of phosphoric ester groups is 1. The molecule has 2 aromatic rings. The highest BCUT2D eigenvalue weighted by atomic mass is 31.2. The quantitative estimate of drug-likeness (QED) is 0.737. The minimum absolute atomic E-state index is 0.231. The van der Waals surface area contributed by atoms with Gasteiger partial charge in [-0.05, 0) is 30.0 Å². The number of aromatic nitrogens is 1. The Kier molecular flexibility index (Phi) is 3.80. The first-order valence-corrected chi connectivity index (χ1v) is 8.52. The summed E-state index contributed by atoms with van der Waals surface area (Å²) in [6, 6.07) is 5.17. The lowest BCUT2D eigenvalue weighted by atomic mass is 10.0. The highest BCUT2D eigenvalue weighted by Crippen LogP contribution is 2.41. The maximum absolute atomic E-state index is 11.1. The Labute approximate surface area is 123 Å². The van der Waals surface area contributed by atoms with E-state index in [1.54, 1.807) is 12.1 Å². The van der Waals surface area contributed by atoms with Gasteiger partial charge < -0.3 is 14.4 Å². The fourth-order valence-electron chi connectivity index (χ4n) is 2.91. The molecule has 0 unspecified atom stereocenters. The lowest BCUT2D eigenvalue weighted by Crippen LogP contribution is -2.45. The molecule has 0 atom stereocenters. The zero-order valence-electron chi connectivity index (χ0n) is 11.8. The van der Waals surface area contributed by atoms with Gasteiger partial charge in [-0.3, -0.25) is 9.79 Å². The number of nitrogens with one attached hydrogen (secondary N) is 1. The molecular formula is C14H19N2O4P. The van der Waals surface area contributed by atoms with E-state index in [9.17, 15) is 4.57 Å². The molecule has 0 amide bonds. The molecule has 3 rings (SSSR count). The van der Waals surface area contributed by atoms with E-state index in [2.05, 4.69) is 16.8 Å². The molecule has 1 aliphatic rings. The number of likely N-dealkylation sites (tertiary alicyclic amines) is 1. The van der Waals surface area contributed by atoms with Crippen LogP contribution in [0.2, 0.25) is 0 Å². The van der Waals surface area contributed by atoms with Crippen molar-refractivity contribution in [2.24, 2.45) is 5.92 Å². The lowest BCUT2D eigenvalue weighted by molar-refractivity contribution is 0.115. The first kappa shape index (κ1) is 14.6. The van der Waals surface area contributed by atoms with Crippen molar-refractivity contribution in [3.63, 3.8) is 0 Å². The first-order chi connectivity index (χ1) is 9.92. The third kappa shape index (κ3) is 3.30. The second kappa shape index (κ2) is 5.46. The van der Waals surface area contributed by atoms with Gasteiger partial charge in [0.1, 0.15) is 5.75 Å². The molecule has 114 valence electrons. The van der Waals surface area contributed by atoms with Gasteiger partial charge >= 0.3 is 7.82 Å². The summed E-state index contributed by atoms with van der Waals surface area (Å²) in [6.07, 6.45) is 2.72. The van der Waals surface area contributed by atoms with Gasteiger partial charge in [0.15, 0.2) is 0 Å². The van der Waals surface area contributed by atoms with Crippen LogP contribution in [0, 0.1) is 5.92 Å². The Morgan fingerprint density at radius 2 is 2.19 bits per heavy atom. The molecule has 21 heavy (non-hydrogen) atoms. The van der Waals surface area contributed by atoms with E-state index in [1.165, 1.54) is 0 Å². The van der Waals surface area contributed by atoms with Crippen molar-refractivity contribution < 1.29 is 18.9 Å². The van der Waals surface area contributed by atoms with Crippen LogP contribution in [-0.2, 0) is 11.0 Å². The maximum Gasteiger partial charge on any atom is 0.524 e. The van der Waals surface area contributed by atoms with Crippen molar-refractivity contribution in [1.29, 1.82) is 0 Å². The Balaban J connectivity index is 1.83. The molecule has 6 nitrogen and oxygen atoms in total. The summed E-state index contributed by atoms with van der Waals surface area (Å²) in [4.78, 5) is 23.6. The largest absolute Gasteiger partial charge is 0.524 e. The molecule has 7 heteroatoms. The van der Waals surface area contributed by atoms with Crippen LogP contribution in [0.3, 0.4) is 0 Å². The SMILES string of the molecule is CC1CN(CCc2c[nH]c3cccc(OP(=O)(O)O)c23)C1.